The van der Waals surface area contributed by atoms with Gasteiger partial charge in [0.1, 0.15) is 6.61 Å². The number of hydrogen-bond donors (Lipinski definition) is 2. The first kappa shape index (κ1) is 21.8. The molecule has 0 spiro atoms. The van der Waals surface area contributed by atoms with Gasteiger partial charge in [-0.05, 0) is 46.3 Å². The molecule has 2 N–H and O–H groups in total. The lowest BCUT2D eigenvalue weighted by Gasteiger charge is -2.18. The molecule has 0 aliphatic carbocycles. The van der Waals surface area contributed by atoms with Gasteiger partial charge in [0, 0.05) is 35.9 Å². The number of carbonyl (C=O) groups is 3. The number of halogens is 1. The summed E-state index contributed by atoms with van der Waals surface area (Å²) in [6, 6.07) is 14.1. The molecule has 2 aromatic carbocycles. The average Bonchev–Trinajstić information content (AvgIpc) is 3.10. The van der Waals surface area contributed by atoms with E-state index in [2.05, 4.69) is 26.6 Å². The highest BCUT2D eigenvalue weighted by molar-refractivity contribution is 9.10. The Bertz CT molecular complexity index is 936. The van der Waals surface area contributed by atoms with Crippen LogP contribution in [0.1, 0.15) is 6.42 Å². The Hall–Kier alpha value is -2.91. The summed E-state index contributed by atoms with van der Waals surface area (Å²) in [6.45, 7) is 0.750. The van der Waals surface area contributed by atoms with Crippen LogP contribution >= 0.6 is 15.9 Å². The molecule has 1 heterocycles. The molecular formula is C21H22BrN3O5. The van der Waals surface area contributed by atoms with Crippen molar-refractivity contribution in [3.63, 3.8) is 0 Å². The minimum atomic E-state index is -0.610. The Morgan fingerprint density at radius 2 is 1.83 bits per heavy atom. The summed E-state index contributed by atoms with van der Waals surface area (Å²) in [6.07, 6.45) is -0.474. The number of methoxy groups -OCH3 is 1. The predicted octanol–water partition coefficient (Wildman–Crippen LogP) is 3.64. The smallest absolute Gasteiger partial charge is 0.411 e. The van der Waals surface area contributed by atoms with Gasteiger partial charge >= 0.3 is 6.09 Å². The summed E-state index contributed by atoms with van der Waals surface area (Å²) >= 11 is 3.45. The maximum atomic E-state index is 12.7. The molecule has 3 amide bonds. The van der Waals surface area contributed by atoms with Gasteiger partial charge in [-0.25, -0.2) is 4.79 Å². The molecule has 0 radical (unpaired) electrons. The Labute approximate surface area is 182 Å². The van der Waals surface area contributed by atoms with Crippen molar-refractivity contribution in [3.8, 4) is 0 Å². The maximum absolute atomic E-state index is 12.7. The fourth-order valence-corrected chi connectivity index (χ4v) is 3.58. The first-order valence-corrected chi connectivity index (χ1v) is 10.2. The summed E-state index contributed by atoms with van der Waals surface area (Å²) in [5.41, 5.74) is 1.74. The van der Waals surface area contributed by atoms with Crippen LogP contribution in [-0.4, -0.2) is 44.8 Å². The van der Waals surface area contributed by atoms with E-state index in [1.54, 1.807) is 29.2 Å². The lowest BCUT2D eigenvalue weighted by Crippen LogP contribution is -2.28. The van der Waals surface area contributed by atoms with Crippen molar-refractivity contribution in [2.45, 2.75) is 6.42 Å². The number of rotatable bonds is 7. The van der Waals surface area contributed by atoms with Crippen molar-refractivity contribution in [2.75, 3.05) is 42.4 Å². The number of carbonyl (C=O) groups excluding carboxylic acids is 3. The second kappa shape index (κ2) is 10.2. The number of para-hydroxylation sites is 1. The number of nitrogens with zero attached hydrogens (tertiary/aromatic N) is 1. The van der Waals surface area contributed by atoms with Crippen LogP contribution in [0.25, 0.3) is 0 Å². The standard InChI is InChI=1S/C21H22BrN3O5/c1-29-9-10-30-21(28)24-16-6-4-5-15(12-16)23-20(27)14-11-19(26)25(13-14)18-8-3-2-7-17(18)22/h2-8,12,14H,9-11,13H2,1H3,(H,23,27)(H,24,28). The second-order valence-electron chi connectivity index (χ2n) is 6.68. The van der Waals surface area contributed by atoms with Crippen molar-refractivity contribution in [1.29, 1.82) is 0 Å². The Morgan fingerprint density at radius 3 is 2.57 bits per heavy atom. The highest BCUT2D eigenvalue weighted by Crippen LogP contribution is 2.31. The van der Waals surface area contributed by atoms with Gasteiger partial charge in [-0.1, -0.05) is 18.2 Å². The van der Waals surface area contributed by atoms with Crippen LogP contribution in [0.4, 0.5) is 21.9 Å². The molecule has 0 aromatic heterocycles. The lowest BCUT2D eigenvalue weighted by atomic mass is 10.1. The second-order valence-corrected chi connectivity index (χ2v) is 7.53. The lowest BCUT2D eigenvalue weighted by molar-refractivity contribution is -0.122. The van der Waals surface area contributed by atoms with Crippen LogP contribution in [-0.2, 0) is 19.1 Å². The highest BCUT2D eigenvalue weighted by atomic mass is 79.9. The zero-order valence-corrected chi connectivity index (χ0v) is 18.0. The first-order valence-electron chi connectivity index (χ1n) is 9.36. The van der Waals surface area contributed by atoms with E-state index in [0.29, 0.717) is 24.5 Å². The summed E-state index contributed by atoms with van der Waals surface area (Å²) < 4.78 is 10.6. The highest BCUT2D eigenvalue weighted by Gasteiger charge is 2.35. The van der Waals surface area contributed by atoms with Crippen LogP contribution in [0.3, 0.4) is 0 Å². The van der Waals surface area contributed by atoms with Crippen molar-refractivity contribution in [3.05, 3.63) is 53.0 Å². The third-order valence-corrected chi connectivity index (χ3v) is 5.21. The molecule has 9 heteroatoms. The Kier molecular flexibility index (Phi) is 7.42. The van der Waals surface area contributed by atoms with Crippen molar-refractivity contribution < 1.29 is 23.9 Å². The molecule has 30 heavy (non-hydrogen) atoms. The van der Waals surface area contributed by atoms with Gasteiger partial charge in [0.05, 0.1) is 18.2 Å². The average molecular weight is 476 g/mol. The first-order chi connectivity index (χ1) is 14.5. The third-order valence-electron chi connectivity index (χ3n) is 4.54. The fourth-order valence-electron chi connectivity index (χ4n) is 3.08. The molecule has 8 nitrogen and oxygen atoms in total. The molecule has 1 fully saturated rings. The number of ether oxygens (including phenoxy) is 2. The molecule has 3 rings (SSSR count). The monoisotopic (exact) mass is 475 g/mol. The van der Waals surface area contributed by atoms with Crippen LogP contribution in [0.5, 0.6) is 0 Å². The number of hydrogen-bond acceptors (Lipinski definition) is 5. The SMILES string of the molecule is COCCOC(=O)Nc1cccc(NC(=O)C2CC(=O)N(c3ccccc3Br)C2)c1. The summed E-state index contributed by atoms with van der Waals surface area (Å²) in [4.78, 5) is 38.5. The number of amides is 3. The third kappa shape index (κ3) is 5.58. The van der Waals surface area contributed by atoms with Gasteiger partial charge in [0.15, 0.2) is 0 Å². The normalized spacial score (nSPS) is 15.7. The number of nitrogens with one attached hydrogen (secondary N) is 2. The van der Waals surface area contributed by atoms with E-state index in [9.17, 15) is 14.4 Å². The predicted molar refractivity (Wildman–Crippen MR) is 117 cm³/mol. The number of anilines is 3. The molecule has 0 saturated carbocycles. The van der Waals surface area contributed by atoms with Gasteiger partial charge in [-0.3, -0.25) is 14.9 Å². The van der Waals surface area contributed by atoms with Crippen molar-refractivity contribution in [1.82, 2.24) is 0 Å². The van der Waals surface area contributed by atoms with Gasteiger partial charge in [-0.2, -0.15) is 0 Å². The zero-order valence-electron chi connectivity index (χ0n) is 16.4. The van der Waals surface area contributed by atoms with Gasteiger partial charge in [0.25, 0.3) is 0 Å². The van der Waals surface area contributed by atoms with Crippen molar-refractivity contribution >= 4 is 50.9 Å². The fraction of sp³-hybridized carbons (Fsp3) is 0.286. The van der Waals surface area contributed by atoms with E-state index in [-0.39, 0.29) is 24.8 Å². The van der Waals surface area contributed by atoms with Gasteiger partial charge < -0.3 is 19.7 Å². The quantitative estimate of drug-likeness (QED) is 0.595. The molecule has 1 saturated heterocycles. The maximum Gasteiger partial charge on any atom is 0.411 e. The Balaban J connectivity index is 1.59. The van der Waals surface area contributed by atoms with E-state index in [0.717, 1.165) is 10.2 Å². The van der Waals surface area contributed by atoms with E-state index in [1.165, 1.54) is 7.11 Å². The van der Waals surface area contributed by atoms with Gasteiger partial charge in [-0.15, -0.1) is 0 Å². The summed E-state index contributed by atoms with van der Waals surface area (Å²) in [5, 5.41) is 5.41. The van der Waals surface area contributed by atoms with E-state index in [1.807, 2.05) is 24.3 Å². The van der Waals surface area contributed by atoms with Crippen LogP contribution in [0, 0.1) is 5.92 Å². The Morgan fingerprint density at radius 1 is 1.10 bits per heavy atom. The molecule has 0 bridgehead atoms. The largest absolute Gasteiger partial charge is 0.447 e. The minimum absolute atomic E-state index is 0.101. The van der Waals surface area contributed by atoms with Crippen LogP contribution < -0.4 is 15.5 Å². The number of benzene rings is 2. The van der Waals surface area contributed by atoms with Crippen molar-refractivity contribution in [2.24, 2.45) is 5.92 Å². The zero-order chi connectivity index (χ0) is 21.5. The van der Waals surface area contributed by atoms with Crippen LogP contribution in [0.2, 0.25) is 0 Å². The van der Waals surface area contributed by atoms with E-state index in [4.69, 9.17) is 9.47 Å². The molecule has 1 aliphatic heterocycles. The van der Waals surface area contributed by atoms with Gasteiger partial charge in [0.2, 0.25) is 11.8 Å². The molecule has 1 aliphatic rings. The van der Waals surface area contributed by atoms with E-state index < -0.39 is 12.0 Å². The molecular weight excluding hydrogens is 454 g/mol. The van der Waals surface area contributed by atoms with Crippen LogP contribution in [0.15, 0.2) is 53.0 Å². The molecule has 1 unspecified atom stereocenters. The molecule has 158 valence electrons. The molecule has 2 aromatic rings. The summed E-state index contributed by atoms with van der Waals surface area (Å²) in [7, 11) is 1.52. The summed E-state index contributed by atoms with van der Waals surface area (Å²) in [5.74, 6) is -0.825. The molecule has 1 atom stereocenters. The topological polar surface area (TPSA) is 97.0 Å². The van der Waals surface area contributed by atoms with E-state index >= 15 is 0 Å². The minimum Gasteiger partial charge on any atom is -0.447 e.